The van der Waals surface area contributed by atoms with Crippen molar-refractivity contribution in [2.45, 2.75) is 6.18 Å². The van der Waals surface area contributed by atoms with Gasteiger partial charge in [0.2, 0.25) is 0 Å². The lowest BCUT2D eigenvalue weighted by Gasteiger charge is -2.15. The Morgan fingerprint density at radius 2 is 1.41 bits per heavy atom. The second kappa shape index (κ2) is 9.78. The van der Waals surface area contributed by atoms with Gasteiger partial charge in [-0.15, -0.1) is 0 Å². The summed E-state index contributed by atoms with van der Waals surface area (Å²) in [6.45, 7) is 0. The highest BCUT2D eigenvalue weighted by Crippen LogP contribution is 2.32. The molecule has 196 valence electrons. The second-order valence-corrected chi connectivity index (χ2v) is 8.34. The first kappa shape index (κ1) is 25.2. The first-order valence-corrected chi connectivity index (χ1v) is 11.3. The Hall–Kier alpha value is -5.46. The van der Waals surface area contributed by atoms with Crippen LogP contribution in [0.4, 0.5) is 47.6 Å². The van der Waals surface area contributed by atoms with Crippen molar-refractivity contribution in [3.05, 3.63) is 105 Å². The number of halogens is 3. The molecule has 0 unspecified atom stereocenters. The van der Waals surface area contributed by atoms with Crippen LogP contribution in [0.5, 0.6) is 0 Å². The maximum atomic E-state index is 12.8. The number of carbonyl (C=O) groups is 1. The molecule has 10 nitrogen and oxygen atoms in total. The molecule has 2 aromatic heterocycles. The topological polar surface area (TPSA) is 155 Å². The molecule has 0 fully saturated rings. The number of amides is 1. The van der Waals surface area contributed by atoms with E-state index in [0.29, 0.717) is 17.1 Å². The number of rotatable bonds is 8. The molecule has 0 spiro atoms. The summed E-state index contributed by atoms with van der Waals surface area (Å²) in [5.41, 5.74) is 4.65. The van der Waals surface area contributed by atoms with Gasteiger partial charge in [-0.3, -0.25) is 19.5 Å². The van der Waals surface area contributed by atoms with Crippen molar-refractivity contribution in [1.82, 2.24) is 15.2 Å². The molecule has 0 atom stereocenters. The minimum atomic E-state index is -4.50. The number of nitrogens with two attached hydrogens (primary N) is 1. The highest BCUT2D eigenvalue weighted by molar-refractivity contribution is 6.04. The van der Waals surface area contributed by atoms with E-state index in [4.69, 9.17) is 5.73 Å². The molecule has 0 saturated carbocycles. The standard InChI is InChI=1S/C26H18F3N7O3/c27-26(28,29)14-6-10-16(11-7-14)33-21-20(22(37)23(21)38)32-15-8-4-13(5-9-15)19-18(24(30)39)25(36-35-19)34-17-3-1-2-12-31-17/h1-12,32-33H,(H2,30,39)(H2,31,34,35,36). The first-order valence-electron chi connectivity index (χ1n) is 11.3. The van der Waals surface area contributed by atoms with Gasteiger partial charge < -0.3 is 21.7 Å². The van der Waals surface area contributed by atoms with Gasteiger partial charge in [0.05, 0.1) is 5.56 Å². The van der Waals surface area contributed by atoms with Crippen LogP contribution in [0.1, 0.15) is 15.9 Å². The molecule has 1 amide bonds. The van der Waals surface area contributed by atoms with Crippen LogP contribution in [0.3, 0.4) is 0 Å². The molecule has 6 N–H and O–H groups in total. The fraction of sp³-hybridized carbons (Fsp3) is 0.0385. The number of carbonyl (C=O) groups excluding carboxylic acids is 1. The first-order chi connectivity index (χ1) is 18.6. The number of pyridine rings is 1. The highest BCUT2D eigenvalue weighted by atomic mass is 19.4. The van der Waals surface area contributed by atoms with E-state index < -0.39 is 28.5 Å². The summed E-state index contributed by atoms with van der Waals surface area (Å²) in [5.74, 6) is 0.0201. The largest absolute Gasteiger partial charge is 0.416 e. The van der Waals surface area contributed by atoms with E-state index >= 15 is 0 Å². The third-order valence-electron chi connectivity index (χ3n) is 5.75. The lowest BCUT2D eigenvalue weighted by atomic mass is 10.1. The number of aromatic amines is 1. The molecule has 5 rings (SSSR count). The molecular weight excluding hydrogens is 515 g/mol. The van der Waals surface area contributed by atoms with Crippen molar-refractivity contribution in [2.75, 3.05) is 16.0 Å². The molecule has 3 aromatic carbocycles. The molecule has 0 aliphatic heterocycles. The van der Waals surface area contributed by atoms with Gasteiger partial charge in [0.15, 0.2) is 0 Å². The lowest BCUT2D eigenvalue weighted by Crippen LogP contribution is -2.35. The fourth-order valence-corrected chi connectivity index (χ4v) is 3.82. The van der Waals surface area contributed by atoms with E-state index in [0.717, 1.165) is 24.3 Å². The van der Waals surface area contributed by atoms with E-state index in [1.165, 1.54) is 0 Å². The number of nitrogens with zero attached hydrogens (tertiary/aromatic N) is 2. The number of anilines is 6. The Kier molecular flexibility index (Phi) is 6.32. The molecule has 0 radical (unpaired) electrons. The Labute approximate surface area is 217 Å². The smallest absolute Gasteiger partial charge is 0.365 e. The summed E-state index contributed by atoms with van der Waals surface area (Å²) in [6, 6.07) is 15.7. The van der Waals surface area contributed by atoms with Crippen LogP contribution >= 0.6 is 0 Å². The van der Waals surface area contributed by atoms with E-state index in [1.54, 1.807) is 48.7 Å². The normalized spacial score (nSPS) is 11.4. The molecule has 0 aliphatic rings. The van der Waals surface area contributed by atoms with Crippen LogP contribution in [0.15, 0.2) is 82.5 Å². The monoisotopic (exact) mass is 533 g/mol. The predicted molar refractivity (Wildman–Crippen MR) is 139 cm³/mol. The maximum absolute atomic E-state index is 12.8. The Morgan fingerprint density at radius 1 is 0.821 bits per heavy atom. The van der Waals surface area contributed by atoms with Crippen LogP contribution in [0.2, 0.25) is 0 Å². The molecule has 0 saturated heterocycles. The van der Waals surface area contributed by atoms with Gasteiger partial charge >= 0.3 is 6.18 Å². The number of hydrogen-bond donors (Lipinski definition) is 5. The molecule has 39 heavy (non-hydrogen) atoms. The summed E-state index contributed by atoms with van der Waals surface area (Å²) in [4.78, 5) is 40.6. The average Bonchev–Trinajstić information content (AvgIpc) is 3.35. The van der Waals surface area contributed by atoms with Crippen LogP contribution in [0.25, 0.3) is 11.3 Å². The van der Waals surface area contributed by atoms with E-state index in [9.17, 15) is 27.6 Å². The van der Waals surface area contributed by atoms with Crippen LogP contribution in [0, 0.1) is 0 Å². The van der Waals surface area contributed by atoms with Crippen molar-refractivity contribution in [3.8, 4) is 11.3 Å². The van der Waals surface area contributed by atoms with E-state index in [-0.39, 0.29) is 34.1 Å². The molecule has 0 bridgehead atoms. The molecule has 2 heterocycles. The number of alkyl halides is 3. The number of primary amides is 1. The third-order valence-corrected chi connectivity index (χ3v) is 5.75. The van der Waals surface area contributed by atoms with Crippen molar-refractivity contribution in [1.29, 1.82) is 0 Å². The van der Waals surface area contributed by atoms with Gasteiger partial charge in [-0.2, -0.15) is 18.3 Å². The number of hydrogen-bond acceptors (Lipinski definition) is 8. The molecular formula is C26H18F3N7O3. The quantitative estimate of drug-likeness (QED) is 0.184. The number of nitrogens with one attached hydrogen (secondary N) is 4. The van der Waals surface area contributed by atoms with Crippen LogP contribution < -0.4 is 32.5 Å². The minimum absolute atomic E-state index is 0.0351. The van der Waals surface area contributed by atoms with Crippen molar-refractivity contribution in [2.24, 2.45) is 5.73 Å². The van der Waals surface area contributed by atoms with Crippen LogP contribution in [-0.2, 0) is 6.18 Å². The summed E-state index contributed by atoms with van der Waals surface area (Å²) < 4.78 is 38.4. The minimum Gasteiger partial charge on any atom is -0.365 e. The van der Waals surface area contributed by atoms with E-state index in [1.807, 2.05) is 0 Å². The maximum Gasteiger partial charge on any atom is 0.416 e. The zero-order valence-electron chi connectivity index (χ0n) is 19.8. The summed E-state index contributed by atoms with van der Waals surface area (Å²) in [6.07, 6.45) is -2.92. The lowest BCUT2D eigenvalue weighted by molar-refractivity contribution is -0.137. The second-order valence-electron chi connectivity index (χ2n) is 8.34. The molecule has 0 aliphatic carbocycles. The van der Waals surface area contributed by atoms with Gasteiger partial charge in [-0.05, 0) is 48.5 Å². The molecule has 13 heteroatoms. The van der Waals surface area contributed by atoms with Gasteiger partial charge in [0.25, 0.3) is 16.8 Å². The SMILES string of the molecule is NC(=O)c1c(-c2ccc(Nc3c(Nc4ccc(C(F)(F)F)cc4)c(=O)c3=O)cc2)n[nH]c1Nc1ccccn1. The van der Waals surface area contributed by atoms with Crippen molar-refractivity contribution >= 4 is 40.3 Å². The Morgan fingerprint density at radius 3 is 1.92 bits per heavy atom. The Bertz CT molecular complexity index is 1720. The third kappa shape index (κ3) is 5.05. The Balaban J connectivity index is 1.35. The number of aromatic nitrogens is 3. The van der Waals surface area contributed by atoms with Gasteiger partial charge in [-0.25, -0.2) is 4.98 Å². The fourth-order valence-electron chi connectivity index (χ4n) is 3.82. The number of H-pyrrole nitrogens is 1. The average molecular weight is 533 g/mol. The van der Waals surface area contributed by atoms with Crippen molar-refractivity contribution in [3.63, 3.8) is 0 Å². The van der Waals surface area contributed by atoms with E-state index in [2.05, 4.69) is 31.1 Å². The predicted octanol–water partition coefficient (Wildman–Crippen LogP) is 4.42. The summed E-state index contributed by atoms with van der Waals surface area (Å²) in [5, 5.41) is 15.4. The summed E-state index contributed by atoms with van der Waals surface area (Å²) in [7, 11) is 0. The summed E-state index contributed by atoms with van der Waals surface area (Å²) >= 11 is 0. The zero-order chi connectivity index (χ0) is 27.7. The highest BCUT2D eigenvalue weighted by Gasteiger charge is 2.30. The van der Waals surface area contributed by atoms with Crippen LogP contribution in [-0.4, -0.2) is 21.1 Å². The van der Waals surface area contributed by atoms with Crippen molar-refractivity contribution < 1.29 is 18.0 Å². The number of benzene rings is 2. The molecule has 5 aromatic rings. The zero-order valence-corrected chi connectivity index (χ0v) is 19.8. The van der Waals surface area contributed by atoms with Gasteiger partial charge in [0.1, 0.15) is 34.3 Å². The van der Waals surface area contributed by atoms with Gasteiger partial charge in [-0.1, -0.05) is 18.2 Å². The van der Waals surface area contributed by atoms with Gasteiger partial charge in [0, 0.05) is 23.1 Å².